The number of carboxylic acids is 10. The predicted molar refractivity (Wildman–Crippen MR) is 239 cm³/mol. The number of phosphoric acid groups is 1. The molecule has 0 bridgehead atoms. The van der Waals surface area contributed by atoms with Gasteiger partial charge in [-0.1, -0.05) is 0 Å². The molecule has 7 atom stereocenters. The fourth-order valence-electron chi connectivity index (χ4n) is 4.51. The average molecular weight is 1290 g/mol. The van der Waals surface area contributed by atoms with Gasteiger partial charge in [-0.05, 0) is 6.92 Å². The number of carboxylic acid groups (broad SMARTS) is 10. The third-order valence-corrected chi connectivity index (χ3v) is 8.87. The second-order valence-electron chi connectivity index (χ2n) is 15.9. The normalized spacial score (nSPS) is 14.2. The zero-order valence-electron chi connectivity index (χ0n) is 43.9. The first-order chi connectivity index (χ1) is 37.8. The van der Waals surface area contributed by atoms with Crippen molar-refractivity contribution in [1.82, 2.24) is 0 Å². The largest absolute Gasteiger partial charge is 1.00 e. The van der Waals surface area contributed by atoms with Gasteiger partial charge in [0.05, 0.1) is 77.0 Å². The molecule has 0 fully saturated rings. The Bertz CT molecular complexity index is 2330. The fraction of sp³-hybridized carbons (Fsp3) is 0.513. The fourth-order valence-corrected chi connectivity index (χ4v) is 4.85. The molecular weight excluding hydrogens is 1240 g/mol. The molecule has 0 aliphatic carbocycles. The van der Waals surface area contributed by atoms with E-state index in [1.54, 1.807) is 0 Å². The molecule has 0 aliphatic heterocycles. The topological polar surface area (TPSA) is 772 Å². The molecule has 0 rings (SSSR count). The van der Waals surface area contributed by atoms with E-state index in [-0.39, 0.29) is 52.8 Å². The maximum absolute atomic E-state index is 11.5. The van der Waals surface area contributed by atoms with Gasteiger partial charge in [-0.2, -0.15) is 0 Å². The van der Waals surface area contributed by atoms with Crippen molar-refractivity contribution in [3.8, 4) is 0 Å². The molecule has 0 heterocycles. The summed E-state index contributed by atoms with van der Waals surface area (Å²) in [5.41, 5.74) is -12.3. The quantitative estimate of drug-likeness (QED) is 0.0101. The summed E-state index contributed by atoms with van der Waals surface area (Å²) in [7, 11) is -5.16. The van der Waals surface area contributed by atoms with E-state index in [2.05, 4.69) is 23.5 Å². The van der Waals surface area contributed by atoms with Crippen LogP contribution >= 0.6 is 7.82 Å². The van der Waals surface area contributed by atoms with Crippen LogP contribution in [0.3, 0.4) is 0 Å². The molecule has 0 aliphatic rings. The average Bonchev–Trinajstić information content (AvgIpc) is 3.40. The third kappa shape index (κ3) is 39.4. The van der Waals surface area contributed by atoms with Gasteiger partial charge < -0.3 is 112 Å². The van der Waals surface area contributed by atoms with Gasteiger partial charge in [0.15, 0.2) is 34.6 Å². The van der Waals surface area contributed by atoms with Crippen molar-refractivity contribution in [2.75, 3.05) is 0 Å². The number of ether oxygens (including phenoxy) is 4. The Morgan fingerprint density at radius 2 is 0.553 bits per heavy atom. The summed E-state index contributed by atoms with van der Waals surface area (Å²) in [6, 6.07) is 0. The van der Waals surface area contributed by atoms with E-state index in [0.717, 1.165) is 0 Å². The van der Waals surface area contributed by atoms with Gasteiger partial charge >= 0.3 is 173 Å². The van der Waals surface area contributed by atoms with E-state index in [0.29, 0.717) is 0 Å². The van der Waals surface area contributed by atoms with Crippen molar-refractivity contribution in [3.63, 3.8) is 0 Å². The smallest absolute Gasteiger partial charge is 1.00 e. The summed E-state index contributed by atoms with van der Waals surface area (Å²) >= 11 is 0. The zero-order valence-corrected chi connectivity index (χ0v) is 46.9. The number of esters is 8. The number of rotatable bonds is 31. The molecule has 0 spiro atoms. The van der Waals surface area contributed by atoms with Gasteiger partial charge in [0.1, 0.15) is 6.10 Å². The van der Waals surface area contributed by atoms with Gasteiger partial charge in [0, 0.05) is 0 Å². The van der Waals surface area contributed by atoms with Crippen LogP contribution in [0, 0.1) is 0 Å². The number of aliphatic hydroxyl groups excluding tert-OH is 3. The Morgan fingerprint density at radius 3 is 0.682 bits per heavy atom. The van der Waals surface area contributed by atoms with Gasteiger partial charge in [0.25, 0.3) is 0 Å². The maximum atomic E-state index is 11.5. The van der Waals surface area contributed by atoms with Crippen molar-refractivity contribution in [1.29, 1.82) is 0 Å². The number of aliphatic carboxylic acids is 10. The Balaban J connectivity index is -0.000000278. The molecule has 0 aromatic carbocycles. The van der Waals surface area contributed by atoms with Gasteiger partial charge in [-0.3, -0.25) is 67.3 Å². The van der Waals surface area contributed by atoms with Crippen molar-refractivity contribution >= 4 is 121 Å². The molecule has 46 heteroatoms. The van der Waals surface area contributed by atoms with Gasteiger partial charge in [-0.25, -0.2) is 38.1 Å². The summed E-state index contributed by atoms with van der Waals surface area (Å²) < 4.78 is 29.9. The number of carbonyl (C=O) groups excluding carboxylic acids is 9. The van der Waals surface area contributed by atoms with E-state index in [1.165, 1.54) is 6.92 Å². The zero-order chi connectivity index (χ0) is 67.2. The molecule has 0 radical (unpaired) electrons. The molecule has 85 heavy (non-hydrogen) atoms. The first-order valence-corrected chi connectivity index (χ1v) is 22.8. The first kappa shape index (κ1) is 86.0. The van der Waals surface area contributed by atoms with Crippen LogP contribution in [0.25, 0.3) is 0 Å². The van der Waals surface area contributed by atoms with E-state index < -0.39 is 239 Å². The molecular formula is C39H50KO44P. The van der Waals surface area contributed by atoms with Crippen LogP contribution in [-0.4, -0.2) is 251 Å². The van der Waals surface area contributed by atoms with Crippen LogP contribution in [0.2, 0.25) is 0 Å². The number of phosphoric ester groups is 1. The van der Waals surface area contributed by atoms with Gasteiger partial charge in [-0.15, -0.1) is 0 Å². The van der Waals surface area contributed by atoms with E-state index >= 15 is 0 Å². The van der Waals surface area contributed by atoms with Crippen LogP contribution in [0.5, 0.6) is 0 Å². The molecule has 44 nitrogen and oxygen atoms in total. The summed E-state index contributed by atoms with van der Waals surface area (Å²) in [6.07, 6.45) is -21.2. The van der Waals surface area contributed by atoms with E-state index in [4.69, 9.17) is 76.2 Å². The first-order valence-electron chi connectivity index (χ1n) is 21.2. The molecule has 476 valence electrons. The summed E-state index contributed by atoms with van der Waals surface area (Å²) in [5.74, 6) is -32.7. The Kier molecular flexibility index (Phi) is 39.4. The van der Waals surface area contributed by atoms with Crippen molar-refractivity contribution in [3.05, 3.63) is 0 Å². The second kappa shape index (κ2) is 39.0. The number of carbonyl (C=O) groups is 19. The molecule has 0 amide bonds. The predicted octanol–water partition coefficient (Wildman–Crippen LogP) is -11.5. The standard InChI is InChI=1S/2C16H18O16.C4H7O9P.C3H6O3.K.H/c2*17-7(18)3-15(29,13(25)26)5-11(23)31-9(21)1-2-10(22)32-12(24)6-16(30,14(27)28)4-8(19)20;5-1(3(7)8)2(6)4(9)13-14(10,11)12;1-2(4)3(5)6;;/h2*29-30H,1-6H2,(H,17,18)(H,19,20)(H,25,26)(H,27,28);1-2,5-6H,(H,7,8)(H2,10,11,12);2,4H,1H3,(H,5,6);;/q;;;;+1;-1. The molecule has 0 aromatic rings. The maximum Gasteiger partial charge on any atom is 1.00 e. The summed E-state index contributed by atoms with van der Waals surface area (Å²) in [5, 5.41) is 149. The van der Waals surface area contributed by atoms with Crippen molar-refractivity contribution in [2.24, 2.45) is 0 Å². The molecule has 7 unspecified atom stereocenters. The van der Waals surface area contributed by atoms with Crippen LogP contribution in [-0.2, 0) is 119 Å². The Morgan fingerprint density at radius 1 is 0.365 bits per heavy atom. The van der Waals surface area contributed by atoms with E-state index in [1.807, 2.05) is 0 Å². The van der Waals surface area contributed by atoms with E-state index in [9.17, 15) is 116 Å². The Hall–Kier alpha value is -7.76. The third-order valence-electron chi connectivity index (χ3n) is 8.45. The van der Waals surface area contributed by atoms with Crippen molar-refractivity contribution in [2.45, 2.75) is 125 Å². The van der Waals surface area contributed by atoms with Crippen LogP contribution in [0.15, 0.2) is 0 Å². The minimum absolute atomic E-state index is 0. The van der Waals surface area contributed by atoms with Crippen LogP contribution in [0.4, 0.5) is 0 Å². The SMILES string of the molecule is CC(O)C(=O)O.O=C(O)C(O)C(O)C(=O)OP(=O)(O)O.O=C(O)CC(O)(CC(=O)OC(=O)CCC(=O)OC(=O)CC(O)(CC(=O)O)C(=O)O)C(=O)O.O=C(O)CC(O)(CC(=O)OC(=O)CCC(=O)OC(=O)CC(O)(CC(=O)O)C(=O)O)C(=O)O.[H-].[K+]. The second-order valence-corrected chi connectivity index (χ2v) is 17.0. The summed E-state index contributed by atoms with van der Waals surface area (Å²) in [6.45, 7) is 1.20. The molecule has 0 aromatic heterocycles. The number of hydrogen-bond donors (Lipinski definition) is 19. The minimum atomic E-state index is -5.16. The van der Waals surface area contributed by atoms with Crippen LogP contribution in [0.1, 0.15) is 85.4 Å². The number of aliphatic hydroxyl groups is 7. The molecule has 0 saturated heterocycles. The number of hydrogen-bond acceptors (Lipinski definition) is 32. The van der Waals surface area contributed by atoms with Crippen molar-refractivity contribution < 1.29 is 269 Å². The monoisotopic (exact) mass is 1290 g/mol. The van der Waals surface area contributed by atoms with Gasteiger partial charge in [0.2, 0.25) is 0 Å². The molecule has 19 N–H and O–H groups in total. The Labute approximate surface area is 511 Å². The summed E-state index contributed by atoms with van der Waals surface area (Å²) in [4.78, 5) is 224. The molecule has 0 saturated carbocycles. The van der Waals surface area contributed by atoms with Crippen LogP contribution < -0.4 is 51.4 Å². The minimum Gasteiger partial charge on any atom is -1.00 e.